The van der Waals surface area contributed by atoms with Crippen molar-refractivity contribution in [2.75, 3.05) is 19.0 Å². The molecule has 0 aliphatic rings. The number of amides is 1. The molecule has 0 unspecified atom stereocenters. The minimum atomic E-state index is -0.280. The number of ether oxygens (including phenoxy) is 1. The van der Waals surface area contributed by atoms with Crippen LogP contribution in [0.2, 0.25) is 0 Å². The summed E-state index contributed by atoms with van der Waals surface area (Å²) in [5, 5.41) is 5.92. The van der Waals surface area contributed by atoms with Crippen molar-refractivity contribution in [3.05, 3.63) is 77.7 Å². The van der Waals surface area contributed by atoms with Gasteiger partial charge in [0.25, 0.3) is 5.91 Å². The third-order valence-electron chi connectivity index (χ3n) is 4.28. The zero-order valence-corrected chi connectivity index (χ0v) is 16.3. The molecule has 1 heterocycles. The molecule has 0 aliphatic heterocycles. The highest BCUT2D eigenvalue weighted by Crippen LogP contribution is 2.15. The van der Waals surface area contributed by atoms with Gasteiger partial charge in [-0.3, -0.25) is 9.59 Å². The van der Waals surface area contributed by atoms with Gasteiger partial charge in [0.1, 0.15) is 17.3 Å². The molecule has 3 aromatic rings. The summed E-state index contributed by atoms with van der Waals surface area (Å²) in [6.07, 6.45) is 3.61. The molecule has 0 saturated heterocycles. The van der Waals surface area contributed by atoms with Gasteiger partial charge in [0, 0.05) is 17.8 Å². The van der Waals surface area contributed by atoms with Crippen molar-refractivity contribution in [3.63, 3.8) is 0 Å². The van der Waals surface area contributed by atoms with E-state index < -0.39 is 0 Å². The molecule has 0 saturated carbocycles. The molecule has 7 heteroatoms. The number of carbonyl (C=O) groups is 2. The van der Waals surface area contributed by atoms with Crippen LogP contribution in [0.3, 0.4) is 0 Å². The summed E-state index contributed by atoms with van der Waals surface area (Å²) in [4.78, 5) is 31.9. The normalized spacial score (nSPS) is 10.3. The number of rotatable bonds is 8. The SMILES string of the molecule is COc1cccc(CCNC(=O)c2cnc(Nc3ccc(C(C)=O)cc3)cn2)c1. The van der Waals surface area contributed by atoms with Gasteiger partial charge in [-0.2, -0.15) is 0 Å². The summed E-state index contributed by atoms with van der Waals surface area (Å²) in [6, 6.07) is 14.8. The Morgan fingerprint density at radius 3 is 2.48 bits per heavy atom. The Bertz CT molecular complexity index is 986. The number of ketones is 1. The van der Waals surface area contributed by atoms with Gasteiger partial charge in [-0.1, -0.05) is 12.1 Å². The number of anilines is 2. The molecule has 1 amide bonds. The van der Waals surface area contributed by atoms with Gasteiger partial charge in [-0.05, 0) is 55.3 Å². The zero-order valence-electron chi connectivity index (χ0n) is 16.3. The summed E-state index contributed by atoms with van der Waals surface area (Å²) < 4.78 is 5.20. The van der Waals surface area contributed by atoms with E-state index in [4.69, 9.17) is 4.74 Å². The molecule has 2 aromatic carbocycles. The van der Waals surface area contributed by atoms with E-state index in [1.807, 2.05) is 24.3 Å². The topological polar surface area (TPSA) is 93.2 Å². The van der Waals surface area contributed by atoms with Crippen molar-refractivity contribution in [2.45, 2.75) is 13.3 Å². The highest BCUT2D eigenvalue weighted by molar-refractivity contribution is 5.94. The molecule has 0 bridgehead atoms. The van der Waals surface area contributed by atoms with E-state index in [1.165, 1.54) is 19.3 Å². The number of methoxy groups -OCH3 is 1. The van der Waals surface area contributed by atoms with E-state index in [0.29, 0.717) is 24.3 Å². The average molecular weight is 390 g/mol. The van der Waals surface area contributed by atoms with E-state index in [-0.39, 0.29) is 17.4 Å². The van der Waals surface area contributed by atoms with Crippen LogP contribution in [0.15, 0.2) is 60.9 Å². The number of carbonyl (C=O) groups excluding carboxylic acids is 2. The van der Waals surface area contributed by atoms with E-state index in [1.54, 1.807) is 31.4 Å². The lowest BCUT2D eigenvalue weighted by Gasteiger charge is -2.08. The summed E-state index contributed by atoms with van der Waals surface area (Å²) in [5.41, 5.74) is 2.74. The Morgan fingerprint density at radius 1 is 1.03 bits per heavy atom. The van der Waals surface area contributed by atoms with Crippen molar-refractivity contribution in [1.82, 2.24) is 15.3 Å². The summed E-state index contributed by atoms with van der Waals surface area (Å²) >= 11 is 0. The first-order valence-corrected chi connectivity index (χ1v) is 9.16. The lowest BCUT2D eigenvalue weighted by Crippen LogP contribution is -2.26. The van der Waals surface area contributed by atoms with Crippen molar-refractivity contribution in [3.8, 4) is 5.75 Å². The van der Waals surface area contributed by atoms with Crippen molar-refractivity contribution < 1.29 is 14.3 Å². The van der Waals surface area contributed by atoms with Crippen LogP contribution in [-0.4, -0.2) is 35.3 Å². The smallest absolute Gasteiger partial charge is 0.271 e. The van der Waals surface area contributed by atoms with Crippen LogP contribution in [0.4, 0.5) is 11.5 Å². The number of Topliss-reactive ketones (excluding diaryl/α,β-unsaturated/α-hetero) is 1. The Balaban J connectivity index is 1.52. The molecule has 7 nitrogen and oxygen atoms in total. The minimum Gasteiger partial charge on any atom is -0.497 e. The fourth-order valence-electron chi connectivity index (χ4n) is 2.68. The fraction of sp³-hybridized carbons (Fsp3) is 0.182. The quantitative estimate of drug-likeness (QED) is 0.573. The molecule has 148 valence electrons. The molecule has 0 atom stereocenters. The van der Waals surface area contributed by atoms with E-state index in [0.717, 1.165) is 17.0 Å². The summed E-state index contributed by atoms with van der Waals surface area (Å²) in [5.74, 6) is 1.03. The number of hydrogen-bond donors (Lipinski definition) is 2. The number of nitrogens with one attached hydrogen (secondary N) is 2. The van der Waals surface area contributed by atoms with Crippen molar-refractivity contribution in [2.24, 2.45) is 0 Å². The van der Waals surface area contributed by atoms with E-state index in [2.05, 4.69) is 20.6 Å². The summed E-state index contributed by atoms with van der Waals surface area (Å²) in [7, 11) is 1.62. The monoisotopic (exact) mass is 390 g/mol. The van der Waals surface area contributed by atoms with Crippen LogP contribution >= 0.6 is 0 Å². The lowest BCUT2D eigenvalue weighted by atomic mass is 10.1. The number of hydrogen-bond acceptors (Lipinski definition) is 6. The highest BCUT2D eigenvalue weighted by Gasteiger charge is 2.08. The first kappa shape index (κ1) is 20.0. The second-order valence-corrected chi connectivity index (χ2v) is 6.40. The van der Waals surface area contributed by atoms with Gasteiger partial charge < -0.3 is 15.4 Å². The highest BCUT2D eigenvalue weighted by atomic mass is 16.5. The van der Waals surface area contributed by atoms with E-state index >= 15 is 0 Å². The van der Waals surface area contributed by atoms with Gasteiger partial charge in [-0.25, -0.2) is 9.97 Å². The molecule has 1 aromatic heterocycles. The van der Waals surface area contributed by atoms with Crippen LogP contribution in [0.25, 0.3) is 0 Å². The van der Waals surface area contributed by atoms with E-state index in [9.17, 15) is 9.59 Å². The van der Waals surface area contributed by atoms with Crippen LogP contribution in [-0.2, 0) is 6.42 Å². The van der Waals surface area contributed by atoms with Gasteiger partial charge in [-0.15, -0.1) is 0 Å². The first-order chi connectivity index (χ1) is 14.0. The van der Waals surface area contributed by atoms with Crippen LogP contribution in [0.5, 0.6) is 5.75 Å². The maximum Gasteiger partial charge on any atom is 0.271 e. The van der Waals surface area contributed by atoms with Crippen LogP contribution in [0, 0.1) is 0 Å². The largest absolute Gasteiger partial charge is 0.497 e. The lowest BCUT2D eigenvalue weighted by molar-refractivity contribution is 0.0948. The molecule has 0 fully saturated rings. The molecule has 2 N–H and O–H groups in total. The third kappa shape index (κ3) is 5.62. The molecule has 0 aliphatic carbocycles. The van der Waals surface area contributed by atoms with Crippen molar-refractivity contribution >= 4 is 23.2 Å². The zero-order chi connectivity index (χ0) is 20.6. The Labute approximate surface area is 169 Å². The standard InChI is InChI=1S/C22H22N4O3/c1-15(27)17-6-8-18(9-7-17)26-21-14-24-20(13-25-21)22(28)23-11-10-16-4-3-5-19(12-16)29-2/h3-9,12-14H,10-11H2,1-2H3,(H,23,28)(H,25,26). The fourth-order valence-corrected chi connectivity index (χ4v) is 2.68. The number of aromatic nitrogens is 2. The minimum absolute atomic E-state index is 0.0121. The molecule has 0 spiro atoms. The average Bonchev–Trinajstić information content (AvgIpc) is 2.74. The third-order valence-corrected chi connectivity index (χ3v) is 4.28. The van der Waals surface area contributed by atoms with Gasteiger partial charge in [0.15, 0.2) is 5.78 Å². The second-order valence-electron chi connectivity index (χ2n) is 6.40. The number of benzene rings is 2. The van der Waals surface area contributed by atoms with Gasteiger partial charge >= 0.3 is 0 Å². The molecule has 3 rings (SSSR count). The Kier molecular flexibility index (Phi) is 6.52. The Morgan fingerprint density at radius 2 is 1.83 bits per heavy atom. The predicted octanol–water partition coefficient (Wildman–Crippen LogP) is 3.40. The van der Waals surface area contributed by atoms with Crippen LogP contribution < -0.4 is 15.4 Å². The predicted molar refractivity (Wildman–Crippen MR) is 111 cm³/mol. The second kappa shape index (κ2) is 9.45. The van der Waals surface area contributed by atoms with Gasteiger partial charge in [0.05, 0.1) is 19.5 Å². The van der Waals surface area contributed by atoms with Gasteiger partial charge in [0.2, 0.25) is 0 Å². The maximum absolute atomic E-state index is 12.2. The van der Waals surface area contributed by atoms with Crippen LogP contribution in [0.1, 0.15) is 33.3 Å². The maximum atomic E-state index is 12.2. The molecule has 0 radical (unpaired) electrons. The molecular weight excluding hydrogens is 368 g/mol. The summed E-state index contributed by atoms with van der Waals surface area (Å²) in [6.45, 7) is 2.00. The number of nitrogens with zero attached hydrogens (tertiary/aromatic N) is 2. The Hall–Kier alpha value is -3.74. The molecular formula is C22H22N4O3. The molecule has 29 heavy (non-hydrogen) atoms. The first-order valence-electron chi connectivity index (χ1n) is 9.16. The van der Waals surface area contributed by atoms with Crippen molar-refractivity contribution in [1.29, 1.82) is 0 Å².